The van der Waals surface area contributed by atoms with E-state index in [2.05, 4.69) is 65.9 Å². The first kappa shape index (κ1) is 21.7. The Morgan fingerprint density at radius 1 is 1.06 bits per heavy atom. The van der Waals surface area contributed by atoms with Gasteiger partial charge in [-0.15, -0.1) is 0 Å². The third-order valence-corrected chi connectivity index (χ3v) is 7.49. The number of fused-ring (bicyclic) bond motifs is 1. The van der Waals surface area contributed by atoms with Crippen molar-refractivity contribution in [3.05, 3.63) is 69.6 Å². The van der Waals surface area contributed by atoms with Crippen LogP contribution in [-0.2, 0) is 7.05 Å². The maximum absolute atomic E-state index is 12.7. The molecule has 0 amide bonds. The van der Waals surface area contributed by atoms with Gasteiger partial charge in [-0.05, 0) is 62.8 Å². The number of pyridine rings is 2. The highest BCUT2D eigenvalue weighted by Crippen LogP contribution is 2.40. The summed E-state index contributed by atoms with van der Waals surface area (Å²) in [5, 5.41) is 9.37. The highest BCUT2D eigenvalue weighted by Gasteiger charge is 2.34. The Morgan fingerprint density at radius 3 is 2.45 bits per heavy atom. The van der Waals surface area contributed by atoms with Gasteiger partial charge in [0.2, 0.25) is 0 Å². The van der Waals surface area contributed by atoms with Crippen LogP contribution in [0.15, 0.2) is 47.3 Å². The highest BCUT2D eigenvalue weighted by molar-refractivity contribution is 5.89. The van der Waals surface area contributed by atoms with Crippen LogP contribution in [0.25, 0.3) is 11.0 Å². The van der Waals surface area contributed by atoms with E-state index in [0.717, 1.165) is 30.2 Å². The van der Waals surface area contributed by atoms with Crippen molar-refractivity contribution in [1.29, 1.82) is 5.26 Å². The number of rotatable bonds is 4. The molecule has 1 aromatic carbocycles. The van der Waals surface area contributed by atoms with Crippen molar-refractivity contribution in [2.75, 3.05) is 18.0 Å². The Labute approximate surface area is 195 Å². The third-order valence-electron chi connectivity index (χ3n) is 7.49. The van der Waals surface area contributed by atoms with Gasteiger partial charge < -0.3 is 9.47 Å². The van der Waals surface area contributed by atoms with Crippen molar-refractivity contribution >= 4 is 16.7 Å². The standard InChI is InChI=1S/C27H31N5O/c1-17-16-32(25-13-26(33)30(4)24-12-11-23(14-28)29-27(24)25)18(2)15-31(17)19(3)20-5-7-21(8-6-20)22-9-10-22/h5-8,11-13,17-19,22H,9-10,15-16H2,1-4H3/t17-,18+,19?/m1/s1. The van der Waals surface area contributed by atoms with Crippen molar-refractivity contribution in [3.8, 4) is 6.07 Å². The van der Waals surface area contributed by atoms with Crippen LogP contribution in [0.2, 0.25) is 0 Å². The number of hydrogen-bond donors (Lipinski definition) is 0. The topological polar surface area (TPSA) is 65.2 Å². The van der Waals surface area contributed by atoms with Crippen molar-refractivity contribution in [1.82, 2.24) is 14.5 Å². The highest BCUT2D eigenvalue weighted by atomic mass is 16.1. The van der Waals surface area contributed by atoms with E-state index in [4.69, 9.17) is 0 Å². The SMILES string of the molecule is CC(c1ccc(C2CC2)cc1)N1C[C@H](C)N(c2cc(=O)n(C)c3ccc(C#N)nc23)C[C@H]1C. The van der Waals surface area contributed by atoms with Gasteiger partial charge in [0, 0.05) is 44.3 Å². The molecule has 3 aromatic rings. The molecule has 0 radical (unpaired) electrons. The van der Waals surface area contributed by atoms with E-state index in [0.29, 0.717) is 23.3 Å². The fourth-order valence-electron chi connectivity index (χ4n) is 5.28. The van der Waals surface area contributed by atoms with Gasteiger partial charge in [-0.25, -0.2) is 4.98 Å². The summed E-state index contributed by atoms with van der Waals surface area (Å²) in [6.45, 7) is 8.44. The molecule has 2 fully saturated rings. The van der Waals surface area contributed by atoms with Crippen LogP contribution in [0, 0.1) is 11.3 Å². The molecule has 0 bridgehead atoms. The zero-order chi connectivity index (χ0) is 23.3. The maximum Gasteiger partial charge on any atom is 0.252 e. The summed E-state index contributed by atoms with van der Waals surface area (Å²) >= 11 is 0. The van der Waals surface area contributed by atoms with Gasteiger partial charge in [-0.1, -0.05) is 24.3 Å². The van der Waals surface area contributed by atoms with Gasteiger partial charge in [-0.3, -0.25) is 9.69 Å². The molecule has 1 saturated heterocycles. The molecule has 5 rings (SSSR count). The summed E-state index contributed by atoms with van der Waals surface area (Å²) in [4.78, 5) is 22.1. The van der Waals surface area contributed by atoms with Crippen LogP contribution in [0.1, 0.15) is 62.4 Å². The quantitative estimate of drug-likeness (QED) is 0.603. The summed E-state index contributed by atoms with van der Waals surface area (Å²) in [5.74, 6) is 0.778. The number of benzene rings is 1. The van der Waals surface area contributed by atoms with E-state index < -0.39 is 0 Å². The van der Waals surface area contributed by atoms with Crippen LogP contribution in [0.3, 0.4) is 0 Å². The van der Waals surface area contributed by atoms with Crippen LogP contribution in [0.5, 0.6) is 0 Å². The average Bonchev–Trinajstić information content (AvgIpc) is 3.67. The lowest BCUT2D eigenvalue weighted by Crippen LogP contribution is -2.57. The lowest BCUT2D eigenvalue weighted by molar-refractivity contribution is 0.119. The Kier molecular flexibility index (Phi) is 5.46. The van der Waals surface area contributed by atoms with Crippen LogP contribution < -0.4 is 10.5 Å². The number of piperazine rings is 1. The monoisotopic (exact) mass is 441 g/mol. The lowest BCUT2D eigenvalue weighted by atomic mass is 9.98. The fraction of sp³-hybridized carbons (Fsp3) is 0.444. The lowest BCUT2D eigenvalue weighted by Gasteiger charge is -2.47. The van der Waals surface area contributed by atoms with Crippen LogP contribution in [-0.4, -0.2) is 39.6 Å². The number of nitriles is 1. The van der Waals surface area contributed by atoms with E-state index in [9.17, 15) is 10.1 Å². The third kappa shape index (κ3) is 3.91. The number of anilines is 1. The van der Waals surface area contributed by atoms with E-state index in [1.807, 2.05) is 6.07 Å². The Bertz CT molecular complexity index is 1280. The second kappa shape index (κ2) is 8.31. The maximum atomic E-state index is 12.7. The number of aryl methyl sites for hydroxylation is 1. The summed E-state index contributed by atoms with van der Waals surface area (Å²) in [5.41, 5.74) is 5.42. The van der Waals surface area contributed by atoms with Gasteiger partial charge in [-0.2, -0.15) is 5.26 Å². The molecule has 6 heteroatoms. The van der Waals surface area contributed by atoms with Gasteiger partial charge in [0.1, 0.15) is 17.3 Å². The van der Waals surface area contributed by atoms with Crippen molar-refractivity contribution in [3.63, 3.8) is 0 Å². The molecule has 3 atom stereocenters. The molecule has 3 heterocycles. The molecular formula is C27H31N5O. The molecule has 1 saturated carbocycles. The van der Waals surface area contributed by atoms with Crippen molar-refractivity contribution in [2.24, 2.45) is 7.05 Å². The van der Waals surface area contributed by atoms with Crippen molar-refractivity contribution in [2.45, 2.75) is 57.7 Å². The fourth-order valence-corrected chi connectivity index (χ4v) is 5.28. The zero-order valence-corrected chi connectivity index (χ0v) is 19.8. The molecule has 33 heavy (non-hydrogen) atoms. The van der Waals surface area contributed by atoms with E-state index in [1.165, 1.54) is 24.0 Å². The second-order valence-electron chi connectivity index (χ2n) is 9.77. The minimum Gasteiger partial charge on any atom is -0.364 e. The number of nitrogens with zero attached hydrogens (tertiary/aromatic N) is 5. The van der Waals surface area contributed by atoms with Crippen LogP contribution >= 0.6 is 0 Å². The molecule has 0 spiro atoms. The van der Waals surface area contributed by atoms with Gasteiger partial charge in [0.25, 0.3) is 5.56 Å². The largest absolute Gasteiger partial charge is 0.364 e. The number of hydrogen-bond acceptors (Lipinski definition) is 5. The second-order valence-corrected chi connectivity index (χ2v) is 9.77. The normalized spacial score (nSPS) is 22.3. The molecule has 1 aliphatic heterocycles. The Morgan fingerprint density at radius 2 is 1.79 bits per heavy atom. The smallest absolute Gasteiger partial charge is 0.252 e. The van der Waals surface area contributed by atoms with Gasteiger partial charge >= 0.3 is 0 Å². The summed E-state index contributed by atoms with van der Waals surface area (Å²) in [6, 6.07) is 17.3. The predicted molar refractivity (Wildman–Crippen MR) is 132 cm³/mol. The van der Waals surface area contributed by atoms with E-state index in [1.54, 1.807) is 23.7 Å². The van der Waals surface area contributed by atoms with Crippen molar-refractivity contribution < 1.29 is 0 Å². The van der Waals surface area contributed by atoms with Gasteiger partial charge in [0.15, 0.2) is 0 Å². The Balaban J connectivity index is 1.44. The first-order valence-corrected chi connectivity index (χ1v) is 11.9. The molecule has 170 valence electrons. The molecule has 0 N–H and O–H groups in total. The molecule has 1 aliphatic carbocycles. The molecule has 6 nitrogen and oxygen atoms in total. The molecule has 2 aromatic heterocycles. The minimum absolute atomic E-state index is 0.0598. The average molecular weight is 442 g/mol. The summed E-state index contributed by atoms with van der Waals surface area (Å²) in [6.07, 6.45) is 2.65. The van der Waals surface area contributed by atoms with Crippen LogP contribution in [0.4, 0.5) is 5.69 Å². The molecule has 2 aliphatic rings. The Hall–Kier alpha value is -3.17. The zero-order valence-electron chi connectivity index (χ0n) is 19.8. The number of aromatic nitrogens is 2. The molecular weight excluding hydrogens is 410 g/mol. The summed E-state index contributed by atoms with van der Waals surface area (Å²) < 4.78 is 1.60. The van der Waals surface area contributed by atoms with E-state index in [-0.39, 0.29) is 11.6 Å². The predicted octanol–water partition coefficient (Wildman–Crippen LogP) is 4.34. The first-order valence-electron chi connectivity index (χ1n) is 11.9. The minimum atomic E-state index is -0.0598. The first-order chi connectivity index (χ1) is 15.9. The van der Waals surface area contributed by atoms with E-state index >= 15 is 0 Å². The molecule has 1 unspecified atom stereocenters. The summed E-state index contributed by atoms with van der Waals surface area (Å²) in [7, 11) is 1.75. The van der Waals surface area contributed by atoms with Gasteiger partial charge in [0.05, 0.1) is 11.2 Å².